The zero-order valence-corrected chi connectivity index (χ0v) is 25.8. The average Bonchev–Trinajstić information content (AvgIpc) is 3.29. The standard InChI is InChI=1S/C31H40N2O11/c1-16(41-22(34)10-8-18(26(35)36)32-28(38)44-29(2,3)4)27(37)42-20-11-12-31(39)21-15-17-7-9-19(40-6)24-23(17)30(31,25(20)43-24)13-14-33(21)5/h7,9,11,16,18,21,25,39H,8,10,12-15H2,1-6H3,(H,32,38)(H,35,36)/t16-,18-,21+,25-,30-,31+/m0/s1. The van der Waals surface area contributed by atoms with E-state index in [-0.39, 0.29) is 31.1 Å². The lowest BCUT2D eigenvalue weighted by molar-refractivity contribution is -0.175. The summed E-state index contributed by atoms with van der Waals surface area (Å²) in [6, 6.07) is 2.28. The molecule has 2 aliphatic carbocycles. The van der Waals surface area contributed by atoms with Gasteiger partial charge in [-0.25, -0.2) is 14.4 Å². The minimum atomic E-state index is -1.40. The van der Waals surface area contributed by atoms with Crippen molar-refractivity contribution in [3.63, 3.8) is 0 Å². The van der Waals surface area contributed by atoms with E-state index >= 15 is 0 Å². The third-order valence-corrected chi connectivity index (χ3v) is 9.04. The Kier molecular flexibility index (Phi) is 8.08. The topological polar surface area (TPSA) is 170 Å². The molecule has 2 bridgehead atoms. The molecule has 0 unspecified atom stereocenters. The number of ether oxygens (including phenoxy) is 5. The van der Waals surface area contributed by atoms with Crippen LogP contribution in [0.15, 0.2) is 24.0 Å². The van der Waals surface area contributed by atoms with Crippen molar-refractivity contribution in [2.45, 2.75) is 101 Å². The number of benzene rings is 1. The molecule has 1 amide bonds. The maximum Gasteiger partial charge on any atom is 0.408 e. The van der Waals surface area contributed by atoms with E-state index < -0.39 is 58.9 Å². The molecule has 0 saturated carbocycles. The van der Waals surface area contributed by atoms with Crippen LogP contribution in [-0.2, 0) is 40.4 Å². The fourth-order valence-corrected chi connectivity index (χ4v) is 7.06. The van der Waals surface area contributed by atoms with E-state index in [0.717, 1.165) is 11.1 Å². The number of alkyl carbamates (subject to hydrolysis) is 1. The zero-order valence-electron chi connectivity index (χ0n) is 25.8. The quantitative estimate of drug-likeness (QED) is 0.273. The Balaban J connectivity index is 1.27. The Labute approximate surface area is 255 Å². The average molecular weight is 617 g/mol. The number of carboxylic acids is 1. The van der Waals surface area contributed by atoms with E-state index in [1.807, 2.05) is 19.2 Å². The second-order valence-corrected chi connectivity index (χ2v) is 12.9. The van der Waals surface area contributed by atoms with Gasteiger partial charge >= 0.3 is 24.0 Å². The molecule has 0 aromatic heterocycles. The van der Waals surface area contributed by atoms with Crippen molar-refractivity contribution in [3.05, 3.63) is 35.1 Å². The highest BCUT2D eigenvalue weighted by atomic mass is 16.6. The Morgan fingerprint density at radius 3 is 2.61 bits per heavy atom. The number of carboxylic acid groups (broad SMARTS) is 1. The predicted octanol–water partition coefficient (Wildman–Crippen LogP) is 2.21. The molecule has 6 atom stereocenters. The number of amides is 1. The van der Waals surface area contributed by atoms with E-state index in [1.165, 1.54) is 6.92 Å². The number of likely N-dealkylation sites (tertiary alicyclic amines) is 1. The van der Waals surface area contributed by atoms with Gasteiger partial charge in [0, 0.05) is 24.4 Å². The number of carbonyl (C=O) groups is 4. The van der Waals surface area contributed by atoms with Crippen molar-refractivity contribution < 1.29 is 53.1 Å². The monoisotopic (exact) mass is 616 g/mol. The fourth-order valence-electron chi connectivity index (χ4n) is 7.06. The summed E-state index contributed by atoms with van der Waals surface area (Å²) in [6.07, 6.45) is -0.618. The molecule has 1 fully saturated rings. The van der Waals surface area contributed by atoms with Gasteiger partial charge in [-0.1, -0.05) is 6.07 Å². The third kappa shape index (κ3) is 5.25. The smallest absolute Gasteiger partial charge is 0.408 e. The molecule has 13 nitrogen and oxygen atoms in total. The zero-order chi connectivity index (χ0) is 32.2. The molecule has 1 aromatic carbocycles. The van der Waals surface area contributed by atoms with Crippen LogP contribution in [-0.4, -0.2) is 95.3 Å². The summed E-state index contributed by atoms with van der Waals surface area (Å²) >= 11 is 0. The van der Waals surface area contributed by atoms with E-state index in [9.17, 15) is 29.4 Å². The van der Waals surface area contributed by atoms with Gasteiger partial charge in [0.15, 0.2) is 23.7 Å². The highest BCUT2D eigenvalue weighted by Gasteiger charge is 2.72. The van der Waals surface area contributed by atoms with E-state index in [2.05, 4.69) is 10.2 Å². The minimum Gasteiger partial charge on any atom is -0.493 e. The lowest BCUT2D eigenvalue weighted by Gasteiger charge is -2.61. The molecule has 1 spiro atoms. The summed E-state index contributed by atoms with van der Waals surface area (Å²) in [5, 5.41) is 24.0. The summed E-state index contributed by atoms with van der Waals surface area (Å²) in [4.78, 5) is 51.5. The van der Waals surface area contributed by atoms with Gasteiger partial charge in [0.05, 0.1) is 18.1 Å². The third-order valence-electron chi connectivity index (χ3n) is 9.04. The summed E-state index contributed by atoms with van der Waals surface area (Å²) in [6.45, 7) is 6.96. The molecule has 1 aromatic rings. The molecule has 5 rings (SSSR count). The number of nitrogens with zero attached hydrogens (tertiary/aromatic N) is 1. The predicted molar refractivity (Wildman–Crippen MR) is 153 cm³/mol. The number of esters is 2. The van der Waals surface area contributed by atoms with Crippen LogP contribution >= 0.6 is 0 Å². The second kappa shape index (κ2) is 11.3. The number of nitrogens with one attached hydrogen (secondary N) is 1. The van der Waals surface area contributed by atoms with Crippen LogP contribution in [0.4, 0.5) is 4.79 Å². The number of hydrogen-bond donors (Lipinski definition) is 3. The van der Waals surface area contributed by atoms with Crippen molar-refractivity contribution >= 4 is 24.0 Å². The molecule has 240 valence electrons. The number of carbonyl (C=O) groups excluding carboxylic acids is 3. The Bertz CT molecular complexity index is 1400. The molecule has 2 aliphatic heterocycles. The minimum absolute atomic E-state index is 0.165. The molecule has 3 N–H and O–H groups in total. The number of methoxy groups -OCH3 is 1. The first-order valence-corrected chi connectivity index (χ1v) is 14.7. The van der Waals surface area contributed by atoms with Gasteiger partial charge in [-0.2, -0.15) is 0 Å². The van der Waals surface area contributed by atoms with Gasteiger partial charge in [-0.05, 0) is 78.3 Å². The summed E-state index contributed by atoms with van der Waals surface area (Å²) in [7, 11) is 3.55. The Hall–Kier alpha value is -3.84. The van der Waals surface area contributed by atoms with Crippen LogP contribution in [0.2, 0.25) is 0 Å². The van der Waals surface area contributed by atoms with E-state index in [1.54, 1.807) is 34.0 Å². The van der Waals surface area contributed by atoms with Gasteiger partial charge in [0.1, 0.15) is 17.4 Å². The highest BCUT2D eigenvalue weighted by Crippen LogP contribution is 2.65. The lowest BCUT2D eigenvalue weighted by Crippen LogP contribution is -2.74. The number of rotatable bonds is 9. The van der Waals surface area contributed by atoms with E-state index in [4.69, 9.17) is 23.7 Å². The molecule has 0 radical (unpaired) electrons. The van der Waals surface area contributed by atoms with Crippen molar-refractivity contribution in [1.82, 2.24) is 10.2 Å². The molecule has 44 heavy (non-hydrogen) atoms. The van der Waals surface area contributed by atoms with Crippen molar-refractivity contribution in [3.8, 4) is 11.5 Å². The van der Waals surface area contributed by atoms with Gasteiger partial charge in [-0.3, -0.25) is 4.79 Å². The molecular formula is C31H40N2O11. The van der Waals surface area contributed by atoms with Gasteiger partial charge in [0.25, 0.3) is 0 Å². The second-order valence-electron chi connectivity index (χ2n) is 12.9. The van der Waals surface area contributed by atoms with E-state index in [0.29, 0.717) is 30.9 Å². The normalized spacial score (nSPS) is 27.9. The first kappa shape index (κ1) is 31.6. The first-order chi connectivity index (χ1) is 20.6. The highest BCUT2D eigenvalue weighted by molar-refractivity contribution is 5.82. The number of aliphatic carboxylic acids is 1. The number of likely N-dealkylation sites (N-methyl/N-ethyl adjacent to an activating group) is 1. The van der Waals surface area contributed by atoms with Crippen LogP contribution in [0.5, 0.6) is 11.5 Å². The van der Waals surface area contributed by atoms with Gasteiger partial charge < -0.3 is 44.1 Å². The molecular weight excluding hydrogens is 576 g/mol. The first-order valence-electron chi connectivity index (χ1n) is 14.7. The number of hydrogen-bond acceptors (Lipinski definition) is 11. The SMILES string of the molecule is COc1ccc2c3c1O[C@H]1C(OC(=O)[C@H](C)OC(=O)CC[C@H](NC(=O)OC(C)(C)C)C(=O)O)=CC[C@@]4(O)[C@@H](C2)N(C)CC[C@]314. The largest absolute Gasteiger partial charge is 0.493 e. The lowest BCUT2D eigenvalue weighted by atomic mass is 9.50. The Morgan fingerprint density at radius 1 is 1.23 bits per heavy atom. The summed E-state index contributed by atoms with van der Waals surface area (Å²) in [5.41, 5.74) is -0.917. The van der Waals surface area contributed by atoms with Crippen LogP contribution in [0.1, 0.15) is 64.5 Å². The van der Waals surface area contributed by atoms with Gasteiger partial charge in [0.2, 0.25) is 0 Å². The maximum absolute atomic E-state index is 13.2. The molecule has 2 heterocycles. The van der Waals surface area contributed by atoms with Crippen LogP contribution in [0, 0.1) is 0 Å². The molecule has 4 aliphatic rings. The summed E-state index contributed by atoms with van der Waals surface area (Å²) in [5.74, 6) is -1.75. The summed E-state index contributed by atoms with van der Waals surface area (Å²) < 4.78 is 28.2. The van der Waals surface area contributed by atoms with Crippen molar-refractivity contribution in [1.29, 1.82) is 0 Å². The fraction of sp³-hybridized carbons (Fsp3) is 0.613. The van der Waals surface area contributed by atoms with Crippen LogP contribution in [0.25, 0.3) is 0 Å². The molecule has 13 heteroatoms. The van der Waals surface area contributed by atoms with Gasteiger partial charge in [-0.15, -0.1) is 0 Å². The van der Waals surface area contributed by atoms with Crippen LogP contribution in [0.3, 0.4) is 0 Å². The van der Waals surface area contributed by atoms with Crippen molar-refractivity contribution in [2.24, 2.45) is 0 Å². The maximum atomic E-state index is 13.2. The Morgan fingerprint density at radius 2 is 1.95 bits per heavy atom. The van der Waals surface area contributed by atoms with Crippen molar-refractivity contribution in [2.75, 3.05) is 20.7 Å². The van der Waals surface area contributed by atoms with Crippen LogP contribution < -0.4 is 14.8 Å². The number of aliphatic hydroxyl groups is 1. The number of piperidine rings is 1. The molecule has 1 saturated heterocycles.